The number of hydrogen-bond acceptors (Lipinski definition) is 5. The van der Waals surface area contributed by atoms with E-state index in [0.717, 1.165) is 16.9 Å². The zero-order chi connectivity index (χ0) is 19.5. The van der Waals surface area contributed by atoms with Gasteiger partial charge in [0.15, 0.2) is 6.10 Å². The molecule has 0 aliphatic carbocycles. The zero-order valence-electron chi connectivity index (χ0n) is 15.6. The van der Waals surface area contributed by atoms with Crippen molar-refractivity contribution < 1.29 is 9.53 Å². The highest BCUT2D eigenvalue weighted by Gasteiger charge is 2.26. The molecule has 1 fully saturated rings. The third-order valence-electron chi connectivity index (χ3n) is 4.83. The fourth-order valence-electron chi connectivity index (χ4n) is 3.28. The maximum Gasteiger partial charge on any atom is 0.263 e. The quantitative estimate of drug-likeness (QED) is 0.676. The van der Waals surface area contributed by atoms with E-state index in [0.29, 0.717) is 37.0 Å². The van der Waals surface area contributed by atoms with Gasteiger partial charge in [-0.25, -0.2) is 4.98 Å². The summed E-state index contributed by atoms with van der Waals surface area (Å²) in [6, 6.07) is 14.8. The summed E-state index contributed by atoms with van der Waals surface area (Å²) in [5.41, 5.74) is 1.76. The van der Waals surface area contributed by atoms with Gasteiger partial charge >= 0.3 is 0 Å². The van der Waals surface area contributed by atoms with Crippen LogP contribution in [-0.2, 0) is 4.79 Å². The predicted octanol–water partition coefficient (Wildman–Crippen LogP) is 3.40. The number of amides is 1. The Morgan fingerprint density at radius 3 is 2.43 bits per heavy atom. The number of hydrogen-bond donors (Lipinski definition) is 0. The van der Waals surface area contributed by atoms with Gasteiger partial charge in [0, 0.05) is 31.2 Å². The van der Waals surface area contributed by atoms with Crippen LogP contribution in [0.25, 0.3) is 11.0 Å². The molecule has 0 saturated carbocycles. The number of anilines is 1. The normalized spacial score (nSPS) is 15.5. The van der Waals surface area contributed by atoms with Gasteiger partial charge in [-0.1, -0.05) is 23.7 Å². The average Bonchev–Trinajstić information content (AvgIpc) is 2.74. The first kappa shape index (κ1) is 18.5. The Balaban J connectivity index is 1.36. The van der Waals surface area contributed by atoms with E-state index in [1.807, 2.05) is 29.2 Å². The highest BCUT2D eigenvalue weighted by atomic mass is 35.5. The molecule has 3 aromatic rings. The number of aromatic nitrogens is 2. The van der Waals surface area contributed by atoms with E-state index in [4.69, 9.17) is 21.3 Å². The van der Waals surface area contributed by atoms with Gasteiger partial charge in [0.25, 0.3) is 5.91 Å². The van der Waals surface area contributed by atoms with Gasteiger partial charge in [-0.05, 0) is 43.3 Å². The lowest BCUT2D eigenvalue weighted by Crippen LogP contribution is -2.52. The Labute approximate surface area is 168 Å². The van der Waals surface area contributed by atoms with Gasteiger partial charge in [-0.3, -0.25) is 9.78 Å². The molecular weight excluding hydrogens is 376 g/mol. The highest BCUT2D eigenvalue weighted by molar-refractivity contribution is 6.30. The Hall–Kier alpha value is -2.86. The summed E-state index contributed by atoms with van der Waals surface area (Å²) in [6.07, 6.45) is 1.25. The van der Waals surface area contributed by atoms with Crippen LogP contribution in [0.1, 0.15) is 6.92 Å². The molecule has 0 N–H and O–H groups in total. The Kier molecular flexibility index (Phi) is 5.30. The van der Waals surface area contributed by atoms with Crippen LogP contribution in [-0.4, -0.2) is 53.1 Å². The summed E-state index contributed by atoms with van der Waals surface area (Å²) in [6.45, 7) is 4.46. The summed E-state index contributed by atoms with van der Waals surface area (Å²) < 4.78 is 5.76. The molecule has 4 rings (SSSR count). The largest absolute Gasteiger partial charge is 0.481 e. The van der Waals surface area contributed by atoms with Crippen molar-refractivity contribution in [1.82, 2.24) is 14.9 Å². The van der Waals surface area contributed by atoms with Crippen molar-refractivity contribution in [3.05, 3.63) is 59.8 Å². The van der Waals surface area contributed by atoms with Crippen molar-refractivity contribution in [1.29, 1.82) is 0 Å². The third kappa shape index (κ3) is 4.02. The van der Waals surface area contributed by atoms with Crippen LogP contribution < -0.4 is 9.64 Å². The van der Waals surface area contributed by atoms with Crippen molar-refractivity contribution in [2.24, 2.45) is 0 Å². The molecule has 1 saturated heterocycles. The topological polar surface area (TPSA) is 58.6 Å². The first-order chi connectivity index (χ1) is 13.6. The lowest BCUT2D eigenvalue weighted by molar-refractivity contribution is -0.138. The van der Waals surface area contributed by atoms with Gasteiger partial charge in [0.2, 0.25) is 0 Å². The maximum atomic E-state index is 12.7. The monoisotopic (exact) mass is 396 g/mol. The van der Waals surface area contributed by atoms with Gasteiger partial charge in [-0.15, -0.1) is 0 Å². The fourth-order valence-corrected chi connectivity index (χ4v) is 3.41. The van der Waals surface area contributed by atoms with Gasteiger partial charge in [-0.2, -0.15) is 0 Å². The SMILES string of the molecule is CC(Oc1ccc(Cl)cc1)C(=O)N1CCN(c2cnc3ccccc3n2)CC1. The molecule has 6 nitrogen and oxygen atoms in total. The third-order valence-corrected chi connectivity index (χ3v) is 5.08. The van der Waals surface area contributed by atoms with E-state index in [-0.39, 0.29) is 5.91 Å². The van der Waals surface area contributed by atoms with Crippen molar-refractivity contribution in [3.63, 3.8) is 0 Å². The Bertz CT molecular complexity index is 972. The highest BCUT2D eigenvalue weighted by Crippen LogP contribution is 2.19. The van der Waals surface area contributed by atoms with Crippen LogP contribution in [0.4, 0.5) is 5.82 Å². The van der Waals surface area contributed by atoms with E-state index in [1.165, 1.54) is 0 Å². The smallest absolute Gasteiger partial charge is 0.263 e. The number of rotatable bonds is 4. The molecule has 0 spiro atoms. The maximum absolute atomic E-state index is 12.7. The molecule has 28 heavy (non-hydrogen) atoms. The van der Waals surface area contributed by atoms with Gasteiger partial charge < -0.3 is 14.5 Å². The molecule has 2 heterocycles. The second kappa shape index (κ2) is 8.02. The van der Waals surface area contributed by atoms with E-state index < -0.39 is 6.10 Å². The Morgan fingerprint density at radius 2 is 1.71 bits per heavy atom. The van der Waals surface area contributed by atoms with Crippen molar-refractivity contribution in [3.8, 4) is 5.75 Å². The number of para-hydroxylation sites is 2. The van der Waals surface area contributed by atoms with Crippen LogP contribution in [0.5, 0.6) is 5.75 Å². The second-order valence-corrected chi connectivity index (χ2v) is 7.18. The summed E-state index contributed by atoms with van der Waals surface area (Å²) in [5.74, 6) is 1.46. The first-order valence-corrected chi connectivity index (χ1v) is 9.66. The van der Waals surface area contributed by atoms with Crippen molar-refractivity contribution in [2.75, 3.05) is 31.1 Å². The lowest BCUT2D eigenvalue weighted by atomic mass is 10.2. The predicted molar refractivity (Wildman–Crippen MR) is 110 cm³/mol. The minimum atomic E-state index is -0.548. The van der Waals surface area contributed by atoms with Crippen LogP contribution in [0.2, 0.25) is 5.02 Å². The molecule has 1 unspecified atom stereocenters. The van der Waals surface area contributed by atoms with Crippen LogP contribution in [0.15, 0.2) is 54.7 Å². The minimum Gasteiger partial charge on any atom is -0.481 e. The number of carbonyl (C=O) groups excluding carboxylic acids is 1. The van der Waals surface area contributed by atoms with Crippen LogP contribution in [0, 0.1) is 0 Å². The molecule has 0 radical (unpaired) electrons. The number of halogens is 1. The molecule has 144 valence electrons. The summed E-state index contributed by atoms with van der Waals surface area (Å²) in [7, 11) is 0. The number of piperazine rings is 1. The molecule has 7 heteroatoms. The summed E-state index contributed by atoms with van der Waals surface area (Å²) in [5, 5.41) is 0.638. The zero-order valence-corrected chi connectivity index (χ0v) is 16.3. The van der Waals surface area contributed by atoms with Gasteiger partial charge in [0.1, 0.15) is 11.6 Å². The minimum absolute atomic E-state index is 0.0146. The molecular formula is C21H21ClN4O2. The van der Waals surface area contributed by atoms with E-state index in [9.17, 15) is 4.79 Å². The summed E-state index contributed by atoms with van der Waals surface area (Å²) >= 11 is 5.88. The van der Waals surface area contributed by atoms with Crippen LogP contribution in [0.3, 0.4) is 0 Å². The number of benzene rings is 2. The standard InChI is InChI=1S/C21H21ClN4O2/c1-15(28-17-8-6-16(22)7-9-17)21(27)26-12-10-25(11-13-26)20-14-23-18-4-2-3-5-19(18)24-20/h2-9,14-15H,10-13H2,1H3. The molecule has 1 aliphatic heterocycles. The fraction of sp³-hybridized carbons (Fsp3) is 0.286. The first-order valence-electron chi connectivity index (χ1n) is 9.28. The van der Waals surface area contributed by atoms with E-state index >= 15 is 0 Å². The number of nitrogens with zero attached hydrogens (tertiary/aromatic N) is 4. The second-order valence-electron chi connectivity index (χ2n) is 6.74. The number of fused-ring (bicyclic) bond motifs is 1. The summed E-state index contributed by atoms with van der Waals surface area (Å²) in [4.78, 5) is 25.9. The molecule has 2 aromatic carbocycles. The van der Waals surface area contributed by atoms with Gasteiger partial charge in [0.05, 0.1) is 17.2 Å². The van der Waals surface area contributed by atoms with E-state index in [1.54, 1.807) is 37.4 Å². The molecule has 1 aromatic heterocycles. The average molecular weight is 397 g/mol. The molecule has 0 bridgehead atoms. The molecule has 1 aliphatic rings. The van der Waals surface area contributed by atoms with Crippen LogP contribution >= 0.6 is 11.6 Å². The molecule has 1 atom stereocenters. The lowest BCUT2D eigenvalue weighted by Gasteiger charge is -2.36. The van der Waals surface area contributed by atoms with Crippen molar-refractivity contribution >= 4 is 34.4 Å². The van der Waals surface area contributed by atoms with Crippen molar-refractivity contribution in [2.45, 2.75) is 13.0 Å². The molecule has 1 amide bonds. The van der Waals surface area contributed by atoms with E-state index in [2.05, 4.69) is 9.88 Å². The number of carbonyl (C=O) groups is 1. The number of ether oxygens (including phenoxy) is 1. The Morgan fingerprint density at radius 1 is 1.04 bits per heavy atom.